The Labute approximate surface area is 158 Å². The minimum absolute atomic E-state index is 0.105. The van der Waals surface area contributed by atoms with Crippen molar-refractivity contribution in [3.8, 4) is 5.75 Å². The van der Waals surface area contributed by atoms with E-state index in [1.54, 1.807) is 12.0 Å². The maximum Gasteiger partial charge on any atom is 0.313 e. The monoisotopic (exact) mass is 375 g/mol. The van der Waals surface area contributed by atoms with E-state index in [4.69, 9.17) is 4.74 Å². The summed E-state index contributed by atoms with van der Waals surface area (Å²) >= 11 is 0. The zero-order valence-corrected chi connectivity index (χ0v) is 15.6. The van der Waals surface area contributed by atoms with Crippen LogP contribution in [0, 0.1) is 11.3 Å². The van der Waals surface area contributed by atoms with E-state index in [-0.39, 0.29) is 37.4 Å². The van der Waals surface area contributed by atoms with Crippen LogP contribution in [-0.4, -0.2) is 72.5 Å². The minimum atomic E-state index is -0.978. The Morgan fingerprint density at radius 2 is 2.00 bits per heavy atom. The van der Waals surface area contributed by atoms with Crippen molar-refractivity contribution in [3.05, 3.63) is 29.8 Å². The van der Waals surface area contributed by atoms with Crippen LogP contribution in [0.15, 0.2) is 24.3 Å². The highest BCUT2D eigenvalue weighted by Gasteiger charge is 2.58. The lowest BCUT2D eigenvalue weighted by Gasteiger charge is -2.24. The van der Waals surface area contributed by atoms with Gasteiger partial charge in [-0.1, -0.05) is 18.2 Å². The van der Waals surface area contributed by atoms with Gasteiger partial charge in [0.05, 0.1) is 13.7 Å². The first-order valence-electron chi connectivity index (χ1n) is 8.95. The van der Waals surface area contributed by atoms with Gasteiger partial charge < -0.3 is 20.1 Å². The predicted molar refractivity (Wildman–Crippen MR) is 97.1 cm³/mol. The smallest absolute Gasteiger partial charge is 0.313 e. The van der Waals surface area contributed by atoms with Crippen LogP contribution < -0.4 is 10.1 Å². The topological polar surface area (TPSA) is 99.2 Å². The summed E-state index contributed by atoms with van der Waals surface area (Å²) in [5, 5.41) is 12.6. The largest absolute Gasteiger partial charge is 0.496 e. The number of amides is 2. The Bertz CT molecular complexity index is 753. The predicted octanol–water partition coefficient (Wildman–Crippen LogP) is 0.176. The molecule has 1 aromatic carbocycles. The van der Waals surface area contributed by atoms with Crippen LogP contribution in [0.2, 0.25) is 0 Å². The molecule has 2 aliphatic heterocycles. The molecule has 0 bridgehead atoms. The van der Waals surface area contributed by atoms with Crippen LogP contribution in [0.25, 0.3) is 0 Å². The van der Waals surface area contributed by atoms with Gasteiger partial charge >= 0.3 is 5.97 Å². The fourth-order valence-electron chi connectivity index (χ4n) is 4.13. The zero-order chi connectivity index (χ0) is 19.6. The third-order valence-corrected chi connectivity index (χ3v) is 5.59. The van der Waals surface area contributed by atoms with Gasteiger partial charge in [-0.25, -0.2) is 0 Å². The first-order chi connectivity index (χ1) is 12.9. The standard InChI is InChI=1S/C19H25N3O5/c1-13(23)22-9-15-8-21(11-19(15,12-22)18(25)26)10-17(24)20-7-14-5-3-4-6-16(14)27-2/h3-6,15H,7-12H2,1-2H3,(H,20,24)(H,25,26)/t15-,19-/m1/s1. The highest BCUT2D eigenvalue weighted by molar-refractivity contribution is 5.81. The molecule has 3 rings (SSSR count). The van der Waals surface area contributed by atoms with E-state index >= 15 is 0 Å². The summed E-state index contributed by atoms with van der Waals surface area (Å²) < 4.78 is 5.27. The summed E-state index contributed by atoms with van der Waals surface area (Å²) in [5.41, 5.74) is -0.0973. The lowest BCUT2D eigenvalue weighted by atomic mass is 9.81. The summed E-state index contributed by atoms with van der Waals surface area (Å²) in [5.74, 6) is -0.604. The molecule has 2 N–H and O–H groups in total. The Kier molecular flexibility index (Phi) is 5.36. The summed E-state index contributed by atoms with van der Waals surface area (Å²) in [6.45, 7) is 3.36. The number of hydrogen-bond donors (Lipinski definition) is 2. The Morgan fingerprint density at radius 1 is 1.26 bits per heavy atom. The van der Waals surface area contributed by atoms with Crippen molar-refractivity contribution in [1.82, 2.24) is 15.1 Å². The molecular weight excluding hydrogens is 350 g/mol. The van der Waals surface area contributed by atoms with Crippen molar-refractivity contribution in [1.29, 1.82) is 0 Å². The number of carboxylic acid groups (broad SMARTS) is 1. The molecule has 0 aliphatic carbocycles. The van der Waals surface area contributed by atoms with Gasteiger partial charge in [0.25, 0.3) is 0 Å². The van der Waals surface area contributed by atoms with Gasteiger partial charge in [-0.15, -0.1) is 0 Å². The van der Waals surface area contributed by atoms with Crippen LogP contribution in [0.4, 0.5) is 0 Å². The second-order valence-corrected chi connectivity index (χ2v) is 7.32. The molecule has 0 aromatic heterocycles. The second kappa shape index (κ2) is 7.56. The lowest BCUT2D eigenvalue weighted by molar-refractivity contribution is -0.149. The first kappa shape index (κ1) is 19.2. The second-order valence-electron chi connectivity index (χ2n) is 7.32. The number of nitrogens with zero attached hydrogens (tertiary/aromatic N) is 2. The Morgan fingerprint density at radius 3 is 2.63 bits per heavy atom. The van der Waals surface area contributed by atoms with Gasteiger partial charge in [-0.2, -0.15) is 0 Å². The van der Waals surface area contributed by atoms with Crippen LogP contribution in [0.1, 0.15) is 12.5 Å². The van der Waals surface area contributed by atoms with E-state index in [1.165, 1.54) is 6.92 Å². The van der Waals surface area contributed by atoms with E-state index in [0.29, 0.717) is 25.4 Å². The number of benzene rings is 1. The molecule has 0 radical (unpaired) electrons. The number of carbonyl (C=O) groups excluding carboxylic acids is 2. The minimum Gasteiger partial charge on any atom is -0.496 e. The zero-order valence-electron chi connectivity index (χ0n) is 15.6. The molecule has 0 saturated carbocycles. The number of fused-ring (bicyclic) bond motifs is 1. The molecule has 2 amide bonds. The lowest BCUT2D eigenvalue weighted by Crippen LogP contribution is -2.43. The van der Waals surface area contributed by atoms with Gasteiger partial charge in [0.2, 0.25) is 11.8 Å². The fourth-order valence-corrected chi connectivity index (χ4v) is 4.13. The van der Waals surface area contributed by atoms with E-state index in [1.807, 2.05) is 29.2 Å². The van der Waals surface area contributed by atoms with Crippen LogP contribution in [0.5, 0.6) is 5.75 Å². The summed E-state index contributed by atoms with van der Waals surface area (Å²) in [6, 6.07) is 7.46. The van der Waals surface area contributed by atoms with E-state index in [9.17, 15) is 19.5 Å². The molecule has 2 heterocycles. The van der Waals surface area contributed by atoms with E-state index in [2.05, 4.69) is 5.32 Å². The highest BCUT2D eigenvalue weighted by Crippen LogP contribution is 2.42. The van der Waals surface area contributed by atoms with Gasteiger partial charge in [0, 0.05) is 51.1 Å². The average molecular weight is 375 g/mol. The Balaban J connectivity index is 1.57. The number of carbonyl (C=O) groups is 3. The molecule has 1 aromatic rings. The third kappa shape index (κ3) is 3.75. The van der Waals surface area contributed by atoms with E-state index in [0.717, 1.165) is 5.56 Å². The van der Waals surface area contributed by atoms with Crippen molar-refractivity contribution >= 4 is 17.8 Å². The van der Waals surface area contributed by atoms with Gasteiger partial charge in [-0.05, 0) is 6.07 Å². The van der Waals surface area contributed by atoms with Crippen molar-refractivity contribution < 1.29 is 24.2 Å². The summed E-state index contributed by atoms with van der Waals surface area (Å²) in [6.07, 6.45) is 0. The number of rotatable bonds is 6. The van der Waals surface area contributed by atoms with Crippen molar-refractivity contribution in [2.75, 3.05) is 39.8 Å². The molecule has 2 fully saturated rings. The molecule has 8 nitrogen and oxygen atoms in total. The van der Waals surface area contributed by atoms with E-state index < -0.39 is 11.4 Å². The number of likely N-dealkylation sites (tertiary alicyclic amines) is 2. The summed E-state index contributed by atoms with van der Waals surface area (Å²) in [7, 11) is 1.58. The van der Waals surface area contributed by atoms with Gasteiger partial charge in [-0.3, -0.25) is 19.3 Å². The van der Waals surface area contributed by atoms with Crippen molar-refractivity contribution in [3.63, 3.8) is 0 Å². The molecule has 2 saturated heterocycles. The SMILES string of the molecule is COc1ccccc1CNC(=O)CN1C[C@@H]2CN(C(C)=O)C[C@]2(C(=O)O)C1. The van der Waals surface area contributed by atoms with Crippen molar-refractivity contribution in [2.24, 2.45) is 11.3 Å². The number of nitrogens with one attached hydrogen (secondary N) is 1. The number of methoxy groups -OCH3 is 1. The molecule has 146 valence electrons. The molecule has 8 heteroatoms. The van der Waals surface area contributed by atoms with Crippen LogP contribution >= 0.6 is 0 Å². The molecule has 0 unspecified atom stereocenters. The average Bonchev–Trinajstić information content (AvgIpc) is 3.15. The van der Waals surface area contributed by atoms with Gasteiger partial charge in [0.15, 0.2) is 0 Å². The quantitative estimate of drug-likeness (QED) is 0.736. The van der Waals surface area contributed by atoms with Crippen LogP contribution in [0.3, 0.4) is 0 Å². The summed E-state index contributed by atoms with van der Waals surface area (Å²) in [4.78, 5) is 39.3. The molecular formula is C19H25N3O5. The third-order valence-electron chi connectivity index (χ3n) is 5.59. The first-order valence-corrected chi connectivity index (χ1v) is 8.95. The molecule has 27 heavy (non-hydrogen) atoms. The maximum absolute atomic E-state index is 12.3. The maximum atomic E-state index is 12.3. The fraction of sp³-hybridized carbons (Fsp3) is 0.526. The highest BCUT2D eigenvalue weighted by atomic mass is 16.5. The van der Waals surface area contributed by atoms with Crippen molar-refractivity contribution in [2.45, 2.75) is 13.5 Å². The Hall–Kier alpha value is -2.61. The van der Waals surface area contributed by atoms with Crippen LogP contribution in [-0.2, 0) is 20.9 Å². The number of hydrogen-bond acceptors (Lipinski definition) is 5. The molecule has 2 atom stereocenters. The normalized spacial score (nSPS) is 24.5. The molecule has 0 spiro atoms. The number of aliphatic carboxylic acids is 1. The van der Waals surface area contributed by atoms with Gasteiger partial charge in [0.1, 0.15) is 11.2 Å². The number of carboxylic acids is 1. The molecule has 2 aliphatic rings. The number of para-hydroxylation sites is 1. The number of ether oxygens (including phenoxy) is 1.